The van der Waals surface area contributed by atoms with E-state index in [1.165, 1.54) is 0 Å². The molecule has 0 N–H and O–H groups in total. The van der Waals surface area contributed by atoms with Gasteiger partial charge >= 0.3 is 0 Å². The molecular weight excluding hydrogens is 184 g/mol. The van der Waals surface area contributed by atoms with Crippen LogP contribution in [0.3, 0.4) is 0 Å². The van der Waals surface area contributed by atoms with Crippen LogP contribution in [0.15, 0.2) is 40.5 Å². The Kier molecular flexibility index (Phi) is 2.60. The minimum Gasteiger partial charge on any atom is -0.455 e. The monoisotopic (exact) mass is 196 g/mol. The standard InChI is InChI=1S/C12H6O.C2H6/c1-3-7-11-9(5-1)10-6-2-4-8-12(10)13-11;1-2/h1,3-5,7-8H;1-2H3. The summed E-state index contributed by atoms with van der Waals surface area (Å²) >= 11 is 0. The summed E-state index contributed by atoms with van der Waals surface area (Å²) in [5.41, 5.74) is 7.77. The van der Waals surface area contributed by atoms with Crippen molar-refractivity contribution in [1.82, 2.24) is 0 Å². The van der Waals surface area contributed by atoms with E-state index >= 15 is 0 Å². The number of rotatable bonds is 0. The van der Waals surface area contributed by atoms with Crippen molar-refractivity contribution >= 4 is 22.8 Å². The molecule has 15 heavy (non-hydrogen) atoms. The van der Waals surface area contributed by atoms with Gasteiger partial charge in [-0.25, -0.2) is 0 Å². The molecule has 1 aliphatic carbocycles. The largest absolute Gasteiger partial charge is 0.455 e. The second-order valence-electron chi connectivity index (χ2n) is 2.94. The van der Waals surface area contributed by atoms with Gasteiger partial charge in [-0.2, -0.15) is 0 Å². The average molecular weight is 196 g/mol. The minimum atomic E-state index is 0.875. The van der Waals surface area contributed by atoms with Gasteiger partial charge in [-0.1, -0.05) is 37.4 Å². The third-order valence-corrected chi connectivity index (χ3v) is 2.14. The molecule has 0 radical (unpaired) electrons. The molecule has 1 aliphatic rings. The number of furan rings is 1. The summed E-state index contributed by atoms with van der Waals surface area (Å²) in [6.45, 7) is 4.00. The summed E-state index contributed by atoms with van der Waals surface area (Å²) in [5.74, 6) is 0. The smallest absolute Gasteiger partial charge is 0.144 e. The van der Waals surface area contributed by atoms with Gasteiger partial charge in [-0.05, 0) is 24.3 Å². The number of allylic oxidation sites excluding steroid dienone is 1. The lowest BCUT2D eigenvalue weighted by Gasteiger charge is -1.81. The molecular formula is C14H12O. The van der Waals surface area contributed by atoms with Crippen LogP contribution in [0.4, 0.5) is 0 Å². The van der Waals surface area contributed by atoms with Crippen LogP contribution >= 0.6 is 0 Å². The molecule has 0 spiro atoms. The molecule has 0 atom stereocenters. The highest BCUT2D eigenvalue weighted by Crippen LogP contribution is 2.06. The van der Waals surface area contributed by atoms with E-state index in [9.17, 15) is 0 Å². The Labute approximate surface area is 88.3 Å². The predicted octanol–water partition coefficient (Wildman–Crippen LogP) is 2.34. The molecule has 0 aliphatic heterocycles. The molecule has 74 valence electrons. The van der Waals surface area contributed by atoms with E-state index in [0.717, 1.165) is 21.6 Å². The first kappa shape index (κ1) is 9.61. The van der Waals surface area contributed by atoms with Crippen LogP contribution in [0.1, 0.15) is 13.8 Å². The summed E-state index contributed by atoms with van der Waals surface area (Å²) in [5, 5.41) is 2.12. The fourth-order valence-corrected chi connectivity index (χ4v) is 1.54. The van der Waals surface area contributed by atoms with Crippen molar-refractivity contribution in [3.05, 3.63) is 46.7 Å². The first-order chi connectivity index (χ1) is 7.45. The highest BCUT2D eigenvalue weighted by Gasteiger charge is 2.00. The van der Waals surface area contributed by atoms with Crippen LogP contribution in [0.25, 0.3) is 22.8 Å². The van der Waals surface area contributed by atoms with Gasteiger partial charge in [0.1, 0.15) is 11.0 Å². The molecule has 1 aromatic heterocycles. The third-order valence-electron chi connectivity index (χ3n) is 2.14. The topological polar surface area (TPSA) is 13.1 Å². The molecule has 0 bridgehead atoms. The zero-order chi connectivity index (χ0) is 10.7. The van der Waals surface area contributed by atoms with Gasteiger partial charge in [0.05, 0.1) is 5.22 Å². The lowest BCUT2D eigenvalue weighted by atomic mass is 10.2. The predicted molar refractivity (Wildman–Crippen MR) is 62.8 cm³/mol. The van der Waals surface area contributed by atoms with Crippen molar-refractivity contribution in [2.45, 2.75) is 13.8 Å². The van der Waals surface area contributed by atoms with Crippen LogP contribution < -0.4 is 10.6 Å². The number of hydrogen-bond donors (Lipinski definition) is 0. The summed E-state index contributed by atoms with van der Waals surface area (Å²) in [4.78, 5) is 0. The third kappa shape index (κ3) is 1.55. The van der Waals surface area contributed by atoms with Crippen molar-refractivity contribution in [3.8, 4) is 0 Å². The lowest BCUT2D eigenvalue weighted by molar-refractivity contribution is 0.575. The molecule has 0 unspecified atom stereocenters. The van der Waals surface area contributed by atoms with E-state index in [0.29, 0.717) is 0 Å². The van der Waals surface area contributed by atoms with E-state index < -0.39 is 0 Å². The average Bonchev–Trinajstić information content (AvgIpc) is 2.70. The van der Waals surface area contributed by atoms with Crippen LogP contribution in [0.2, 0.25) is 0 Å². The zero-order valence-electron chi connectivity index (χ0n) is 8.87. The highest BCUT2D eigenvalue weighted by atomic mass is 16.3. The Hall–Kier alpha value is -1.94. The number of para-hydroxylation sites is 1. The first-order valence-electron chi connectivity index (χ1n) is 5.15. The van der Waals surface area contributed by atoms with Crippen molar-refractivity contribution in [3.63, 3.8) is 0 Å². The van der Waals surface area contributed by atoms with E-state index in [4.69, 9.17) is 4.42 Å². The fourth-order valence-electron chi connectivity index (χ4n) is 1.54. The van der Waals surface area contributed by atoms with Crippen LogP contribution in [0.5, 0.6) is 0 Å². The highest BCUT2D eigenvalue weighted by molar-refractivity contribution is 5.79. The zero-order valence-corrected chi connectivity index (χ0v) is 8.87. The normalized spacial score (nSPS) is 11.1. The maximum Gasteiger partial charge on any atom is 0.144 e. The van der Waals surface area contributed by atoms with Gasteiger partial charge in [-0.3, -0.25) is 0 Å². The minimum absolute atomic E-state index is 0.875. The van der Waals surface area contributed by atoms with Crippen molar-refractivity contribution in [2.24, 2.45) is 0 Å². The summed E-state index contributed by atoms with van der Waals surface area (Å²) in [7, 11) is 0. The Morgan fingerprint density at radius 2 is 1.93 bits per heavy atom. The van der Waals surface area contributed by atoms with Crippen LogP contribution in [-0.2, 0) is 0 Å². The van der Waals surface area contributed by atoms with Gasteiger partial charge in [0.25, 0.3) is 0 Å². The summed E-state index contributed by atoms with van der Waals surface area (Å²) < 4.78 is 5.60. The maximum absolute atomic E-state index is 5.60. The van der Waals surface area contributed by atoms with Gasteiger partial charge in [0.2, 0.25) is 0 Å². The number of hydrogen-bond acceptors (Lipinski definition) is 1. The van der Waals surface area contributed by atoms with Crippen LogP contribution in [0, 0.1) is 0 Å². The van der Waals surface area contributed by atoms with Gasteiger partial charge < -0.3 is 4.42 Å². The Bertz CT molecular complexity index is 661. The number of benzene rings is 1. The molecule has 2 aromatic rings. The first-order valence-corrected chi connectivity index (χ1v) is 5.15. The molecule has 1 aromatic carbocycles. The van der Waals surface area contributed by atoms with Crippen molar-refractivity contribution in [2.75, 3.05) is 0 Å². The molecule has 1 nitrogen and oxygen atoms in total. The van der Waals surface area contributed by atoms with E-state index in [-0.39, 0.29) is 0 Å². The van der Waals surface area contributed by atoms with Gasteiger partial charge in [0.15, 0.2) is 0 Å². The molecule has 0 amide bonds. The molecule has 1 heteroatoms. The molecule has 3 rings (SSSR count). The molecule has 0 fully saturated rings. The van der Waals surface area contributed by atoms with E-state index in [1.54, 1.807) is 0 Å². The molecule has 0 saturated heterocycles. The Morgan fingerprint density at radius 1 is 1.13 bits per heavy atom. The van der Waals surface area contributed by atoms with Crippen molar-refractivity contribution in [1.29, 1.82) is 0 Å². The summed E-state index contributed by atoms with van der Waals surface area (Å²) in [6, 6.07) is 7.96. The molecule has 1 heterocycles. The van der Waals surface area contributed by atoms with Gasteiger partial charge in [0, 0.05) is 5.39 Å². The van der Waals surface area contributed by atoms with E-state index in [1.807, 2.05) is 50.3 Å². The van der Waals surface area contributed by atoms with Crippen LogP contribution in [-0.4, -0.2) is 0 Å². The second kappa shape index (κ2) is 4.06. The summed E-state index contributed by atoms with van der Waals surface area (Å²) in [6.07, 6.45) is 3.72. The Balaban J connectivity index is 0.000000404. The lowest BCUT2D eigenvalue weighted by Crippen LogP contribution is -2.18. The molecule has 0 saturated carbocycles. The van der Waals surface area contributed by atoms with Gasteiger partial charge in [-0.15, -0.1) is 0 Å². The number of fused-ring (bicyclic) bond motifs is 3. The van der Waals surface area contributed by atoms with Crippen molar-refractivity contribution < 1.29 is 4.42 Å². The van der Waals surface area contributed by atoms with E-state index in [2.05, 4.69) is 11.5 Å². The maximum atomic E-state index is 5.60. The Morgan fingerprint density at radius 3 is 2.80 bits per heavy atom. The second-order valence-corrected chi connectivity index (χ2v) is 2.94. The SMILES string of the molecule is C1=C=c2c(oc3ccccc23)=CC=1.CC. The quantitative estimate of drug-likeness (QED) is 0.589. The fraction of sp³-hybridized carbons (Fsp3) is 0.143.